The van der Waals surface area contributed by atoms with E-state index in [1.54, 1.807) is 0 Å². The third kappa shape index (κ3) is 6.74. The highest BCUT2D eigenvalue weighted by molar-refractivity contribution is 6.31. The maximum atomic E-state index is 12.4. The predicted molar refractivity (Wildman–Crippen MR) is 173 cm³/mol. The number of nitrogens with one attached hydrogen (secondary N) is 3. The summed E-state index contributed by atoms with van der Waals surface area (Å²) >= 11 is 0. The van der Waals surface area contributed by atoms with Gasteiger partial charge in [0.1, 0.15) is 0 Å². The van der Waals surface area contributed by atoms with Crippen molar-refractivity contribution in [2.24, 2.45) is 10.9 Å². The van der Waals surface area contributed by atoms with Gasteiger partial charge in [-0.1, -0.05) is 18.7 Å². The molecule has 10 nitrogen and oxygen atoms in total. The number of amides is 2. The van der Waals surface area contributed by atoms with Crippen LogP contribution in [0.25, 0.3) is 18.2 Å². The summed E-state index contributed by atoms with van der Waals surface area (Å²) in [4.78, 5) is 60.2. The molecule has 0 saturated carbocycles. The van der Waals surface area contributed by atoms with E-state index in [0.717, 1.165) is 61.2 Å². The van der Waals surface area contributed by atoms with Gasteiger partial charge in [-0.15, -0.1) is 0 Å². The first-order valence-electron chi connectivity index (χ1n) is 14.9. The molecule has 0 aliphatic carbocycles. The standard InChI is InChI=1S/C35H40N4O6/c1-9-22-21(6)34(42)39-29(22)16-27-20(5)25(12-14-33(41)45-8)31(37-27)17-30-24(11-13-32(40)44-7)19(4)26(36-30)15-28-18(3)23(10-2)35(43)38-28/h9-10,15-17,21,36-37H,2,11-14H2,1,3-8H3,(H,39,42)/b22-9+,26-15+,29-16+,30-17-/t21-/m1/s1/i17+1. The van der Waals surface area contributed by atoms with Gasteiger partial charge in [0.2, 0.25) is 5.91 Å². The van der Waals surface area contributed by atoms with Crippen molar-refractivity contribution < 1.29 is 28.7 Å². The molecule has 0 aromatic carbocycles. The van der Waals surface area contributed by atoms with E-state index >= 15 is 0 Å². The molecule has 0 spiro atoms. The third-order valence-corrected chi connectivity index (χ3v) is 8.56. The number of aliphatic imine (C=N–C) groups is 1. The van der Waals surface area contributed by atoms with Gasteiger partial charge in [0.05, 0.1) is 25.8 Å². The largest absolute Gasteiger partial charge is 0.469 e. The van der Waals surface area contributed by atoms with Gasteiger partial charge in [-0.05, 0) is 99.1 Å². The van der Waals surface area contributed by atoms with Gasteiger partial charge in [-0.3, -0.25) is 19.2 Å². The molecule has 1 fully saturated rings. The van der Waals surface area contributed by atoms with Gasteiger partial charge in [-0.25, -0.2) is 4.99 Å². The fourth-order valence-electron chi connectivity index (χ4n) is 5.77. The van der Waals surface area contributed by atoms with Gasteiger partial charge in [-0.2, -0.15) is 0 Å². The first kappa shape index (κ1) is 32.9. The number of H-pyrrole nitrogens is 2. The number of carbonyl (C=O) groups is 4. The minimum Gasteiger partial charge on any atom is -0.469 e. The monoisotopic (exact) mass is 613 g/mol. The number of methoxy groups -OCH3 is 2. The Hall–Kier alpha value is -4.99. The lowest BCUT2D eigenvalue weighted by Crippen LogP contribution is -2.16. The van der Waals surface area contributed by atoms with Crippen LogP contribution in [0.1, 0.15) is 67.3 Å². The summed E-state index contributed by atoms with van der Waals surface area (Å²) in [6, 6.07) is 0. The molecule has 1 atom stereocenters. The zero-order valence-corrected chi connectivity index (χ0v) is 26.9. The van der Waals surface area contributed by atoms with Crippen LogP contribution in [0.2, 0.25) is 0 Å². The van der Waals surface area contributed by atoms with Gasteiger partial charge in [0.15, 0.2) is 0 Å². The summed E-state index contributed by atoms with van der Waals surface area (Å²) in [5, 5.41) is 4.48. The average Bonchev–Trinajstić information content (AvgIpc) is 3.66. The highest BCUT2D eigenvalue weighted by Crippen LogP contribution is 2.29. The maximum Gasteiger partial charge on any atom is 0.305 e. The number of esters is 2. The maximum absolute atomic E-state index is 12.4. The van der Waals surface area contributed by atoms with Crippen molar-refractivity contribution in [3.8, 4) is 0 Å². The number of aromatic nitrogens is 2. The Labute approximate surface area is 262 Å². The van der Waals surface area contributed by atoms with Crippen molar-refractivity contribution in [1.82, 2.24) is 15.3 Å². The topological polar surface area (TPSA) is 143 Å². The lowest BCUT2D eigenvalue weighted by molar-refractivity contribution is -0.141. The zero-order valence-electron chi connectivity index (χ0n) is 26.9. The molecule has 0 unspecified atom stereocenters. The fourth-order valence-corrected chi connectivity index (χ4v) is 5.77. The van der Waals surface area contributed by atoms with E-state index in [4.69, 9.17) is 9.47 Å². The summed E-state index contributed by atoms with van der Waals surface area (Å²) in [5.41, 5.74) is 8.63. The predicted octanol–water partition coefficient (Wildman–Crippen LogP) is 3.32. The number of hydrogen-bond donors (Lipinski definition) is 3. The van der Waals surface area contributed by atoms with Crippen LogP contribution in [0.4, 0.5) is 0 Å². The van der Waals surface area contributed by atoms with Crippen LogP contribution < -0.4 is 16.0 Å². The van der Waals surface area contributed by atoms with E-state index in [0.29, 0.717) is 24.1 Å². The van der Waals surface area contributed by atoms with Crippen LogP contribution in [0, 0.1) is 19.8 Å². The van der Waals surface area contributed by atoms with Gasteiger partial charge < -0.3 is 24.8 Å². The quantitative estimate of drug-likeness (QED) is 0.277. The zero-order chi connectivity index (χ0) is 33.0. The molecule has 2 aliphatic heterocycles. The Morgan fingerprint density at radius 2 is 1.53 bits per heavy atom. The van der Waals surface area contributed by atoms with Crippen molar-refractivity contribution in [2.75, 3.05) is 14.2 Å². The van der Waals surface area contributed by atoms with Gasteiger partial charge >= 0.3 is 11.9 Å². The first-order valence-corrected chi connectivity index (χ1v) is 14.9. The second-order valence-corrected chi connectivity index (χ2v) is 11.1. The number of hydrogen-bond acceptors (Lipinski definition) is 6. The molecule has 4 rings (SSSR count). The van der Waals surface area contributed by atoms with E-state index < -0.39 is 0 Å². The Balaban J connectivity index is 1.91. The van der Waals surface area contributed by atoms with Crippen LogP contribution in [0.5, 0.6) is 0 Å². The molecule has 4 heterocycles. The van der Waals surface area contributed by atoms with Crippen molar-refractivity contribution in [3.63, 3.8) is 0 Å². The number of ether oxygens (including phenoxy) is 2. The van der Waals surface area contributed by atoms with E-state index in [1.807, 2.05) is 58.9 Å². The van der Waals surface area contributed by atoms with Crippen molar-refractivity contribution >= 4 is 47.7 Å². The summed E-state index contributed by atoms with van der Waals surface area (Å²) in [7, 11) is 2.72. The highest BCUT2D eigenvalue weighted by Gasteiger charge is 2.29. The number of carbonyl (C=O) groups excluding carboxylic acids is 4. The normalized spacial score (nSPS) is 19.2. The van der Waals surface area contributed by atoms with E-state index in [9.17, 15) is 19.2 Å². The Morgan fingerprint density at radius 3 is 2.11 bits per heavy atom. The molecule has 0 bridgehead atoms. The molecule has 3 N–H and O–H groups in total. The van der Waals surface area contributed by atoms with Crippen molar-refractivity contribution in [3.05, 3.63) is 85.5 Å². The molecule has 10 heteroatoms. The summed E-state index contributed by atoms with van der Waals surface area (Å²) in [6.45, 7) is 13.3. The molecule has 2 amide bonds. The van der Waals surface area contributed by atoms with Gasteiger partial charge in [0.25, 0.3) is 5.91 Å². The smallest absolute Gasteiger partial charge is 0.305 e. The van der Waals surface area contributed by atoms with Crippen LogP contribution in [0.15, 0.2) is 46.1 Å². The number of nitrogens with zero attached hydrogens (tertiary/aromatic N) is 1. The molecule has 236 valence electrons. The first-order chi connectivity index (χ1) is 21.4. The van der Waals surface area contributed by atoms with Crippen molar-refractivity contribution in [1.29, 1.82) is 0 Å². The molecule has 2 aromatic heterocycles. The Kier molecular flexibility index (Phi) is 10.1. The van der Waals surface area contributed by atoms with Gasteiger partial charge in [0, 0.05) is 46.2 Å². The number of aromatic amines is 2. The van der Waals surface area contributed by atoms with Crippen LogP contribution in [-0.4, -0.2) is 53.7 Å². The Bertz CT molecular complexity index is 1840. The van der Waals surface area contributed by atoms with Crippen LogP contribution in [0.3, 0.4) is 0 Å². The second-order valence-electron chi connectivity index (χ2n) is 11.1. The minimum absolute atomic E-state index is 0.0593. The molecular weight excluding hydrogens is 573 g/mol. The molecule has 0 radical (unpaired) electrons. The van der Waals surface area contributed by atoms with Crippen LogP contribution in [-0.2, 0) is 41.5 Å². The molecular formula is C35H40N4O6. The lowest BCUT2D eigenvalue weighted by Gasteiger charge is -2.04. The molecule has 2 aromatic rings. The van der Waals surface area contributed by atoms with E-state index in [1.165, 1.54) is 20.3 Å². The van der Waals surface area contributed by atoms with Crippen LogP contribution >= 0.6 is 0 Å². The molecule has 45 heavy (non-hydrogen) atoms. The number of allylic oxidation sites excluding steroid dienone is 3. The minimum atomic E-state index is -0.330. The van der Waals surface area contributed by atoms with E-state index in [-0.39, 0.29) is 42.5 Å². The molecule has 1 saturated heterocycles. The lowest BCUT2D eigenvalue weighted by atomic mass is 10.0. The summed E-state index contributed by atoms with van der Waals surface area (Å²) in [5.74, 6) is -1.30. The number of rotatable bonds is 10. The van der Waals surface area contributed by atoms with Crippen molar-refractivity contribution in [2.45, 2.75) is 60.3 Å². The third-order valence-electron chi connectivity index (χ3n) is 8.56. The Morgan fingerprint density at radius 1 is 0.889 bits per heavy atom. The summed E-state index contributed by atoms with van der Waals surface area (Å²) < 4.78 is 9.81. The fraction of sp³-hybridized carbons (Fsp3) is 0.343. The van der Waals surface area contributed by atoms with E-state index in [2.05, 4.69) is 26.9 Å². The SMILES string of the molecule is C=CC1=C(C)C(/C=c2/[nH]/c(=[13CH]\c3[nH]c(/C=C4/NC(=O)[C@H](C)/C4=C\C)c(C)c3CCC(=O)OC)c(CCC(=O)OC)c2C)=NC1=O. The second kappa shape index (κ2) is 13.8. The average molecular weight is 614 g/mol. The summed E-state index contributed by atoms with van der Waals surface area (Å²) in [6.07, 6.45) is 10.4. The highest BCUT2D eigenvalue weighted by atomic mass is 16.5. The molecule has 2 aliphatic rings.